The molecule has 4 nitrogen and oxygen atoms in total. The second-order valence-corrected chi connectivity index (χ2v) is 1.82. The van der Waals surface area contributed by atoms with E-state index >= 15 is 0 Å². The molecule has 9 heavy (non-hydrogen) atoms. The second-order valence-electron chi connectivity index (χ2n) is 0.607. The molecule has 0 fully saturated rings. The van der Waals surface area contributed by atoms with Crippen molar-refractivity contribution in [1.29, 1.82) is 0 Å². The molecular weight excluding hydrogens is 200 g/mol. The van der Waals surface area contributed by atoms with Crippen LogP contribution in [0.1, 0.15) is 0 Å². The van der Waals surface area contributed by atoms with E-state index in [-0.39, 0.29) is 55.1 Å². The van der Waals surface area contributed by atoms with Gasteiger partial charge in [-0.15, -0.1) is 0 Å². The van der Waals surface area contributed by atoms with Gasteiger partial charge < -0.3 is 0 Å². The molecule has 0 saturated carbocycles. The predicted molar refractivity (Wildman–Crippen MR) is 32.7 cm³/mol. The molecule has 0 spiro atoms. The average Bonchev–Trinajstić information content (AvgIpc) is 1.68. The van der Waals surface area contributed by atoms with E-state index in [1.807, 2.05) is 0 Å². The van der Waals surface area contributed by atoms with Crippen LogP contribution >= 0.6 is 7.82 Å². The molecule has 0 radical (unpaired) electrons. The molecule has 9 heteroatoms. The first kappa shape index (κ1) is 17.0. The molecule has 0 aromatic carbocycles. The zero-order valence-electron chi connectivity index (χ0n) is 2.88. The van der Waals surface area contributed by atoms with Crippen molar-refractivity contribution in [2.75, 3.05) is 0 Å². The molecule has 0 bridgehead atoms. The van der Waals surface area contributed by atoms with E-state index in [1.54, 1.807) is 0 Å². The maximum atomic E-state index is 10.4. The van der Waals surface area contributed by atoms with Crippen LogP contribution in [0.5, 0.6) is 0 Å². The third kappa shape index (κ3) is 9.76. The van der Waals surface area contributed by atoms with Crippen molar-refractivity contribution in [1.82, 2.24) is 0 Å². The molecule has 1 N–H and O–H groups in total. The van der Waals surface area contributed by atoms with Crippen LogP contribution in [0.15, 0.2) is 0 Å². The van der Waals surface area contributed by atoms with Crippen LogP contribution in [0.3, 0.4) is 0 Å². The van der Waals surface area contributed by atoms with Gasteiger partial charge in [-0.2, -0.15) is 0 Å². The molecule has 0 aliphatic carbocycles. The Morgan fingerprint density at radius 3 is 1.56 bits per heavy atom. The zero-order chi connectivity index (χ0) is 5.91. The summed E-state index contributed by atoms with van der Waals surface area (Å²) in [4.78, 5) is 7.49. The monoisotopic (exact) mass is 206 g/mol. The van der Waals surface area contributed by atoms with Crippen LogP contribution in [-0.4, -0.2) is 60.0 Å². The Morgan fingerprint density at radius 2 is 1.56 bits per heavy atom. The minimum absolute atomic E-state index is 0. The fourth-order valence-corrected chi connectivity index (χ4v) is 0.0319. The van der Waals surface area contributed by atoms with Crippen LogP contribution in [-0.2, 0) is 14.0 Å². The van der Waals surface area contributed by atoms with Gasteiger partial charge in [0.25, 0.3) is 0 Å². The third-order valence-electron chi connectivity index (χ3n) is 0.174. The Bertz CT molecular complexity index is 90.6. The van der Waals surface area contributed by atoms with Crippen LogP contribution in [0, 0.1) is 0 Å². The van der Waals surface area contributed by atoms with Gasteiger partial charge in [0, 0.05) is 0 Å². The molecule has 0 aliphatic heterocycles. The first-order chi connectivity index (χ1) is 3.12. The van der Waals surface area contributed by atoms with Crippen LogP contribution in [0.2, 0.25) is 0 Å². The summed E-state index contributed by atoms with van der Waals surface area (Å²) in [6, 6.07) is 0. The summed E-state index contributed by atoms with van der Waals surface area (Å²) in [7, 11) is -4.99. The van der Waals surface area contributed by atoms with Crippen molar-refractivity contribution in [2.45, 2.75) is 0 Å². The molecule has 0 aliphatic rings. The predicted octanol–water partition coefficient (Wildman–Crippen LogP) is -1.21. The number of hydrogen-bond acceptors (Lipinski definition) is 3. The van der Waals surface area contributed by atoms with E-state index in [0.717, 1.165) is 0 Å². The Morgan fingerprint density at radius 1 is 1.33 bits per heavy atom. The number of rotatable bonds is 2. The molecule has 54 valence electrons. The van der Waals surface area contributed by atoms with Crippen molar-refractivity contribution in [2.24, 2.45) is 0 Å². The second kappa shape index (κ2) is 7.86. The Balaban J connectivity index is -0.000000180. The summed E-state index contributed by atoms with van der Waals surface area (Å²) in [5, 5.41) is 0. The summed E-state index contributed by atoms with van der Waals surface area (Å²) in [6.07, 6.45) is 0. The van der Waals surface area contributed by atoms with E-state index in [4.69, 9.17) is 4.89 Å². The molecule has 0 atom stereocenters. The van der Waals surface area contributed by atoms with E-state index < -0.39 is 7.82 Å². The van der Waals surface area contributed by atoms with Crippen molar-refractivity contribution in [3.63, 3.8) is 0 Å². The Kier molecular flexibility index (Phi) is 14.9. The Labute approximate surface area is 90.1 Å². The fourth-order valence-electron chi connectivity index (χ4n) is 0.0106. The number of phosphoric acid groups is 1. The van der Waals surface area contributed by atoms with Gasteiger partial charge in [-0.3, -0.25) is 4.89 Å². The Hall–Kier alpha value is 1.76. The average molecular weight is 206 g/mol. The van der Waals surface area contributed by atoms with Gasteiger partial charge in [0.1, 0.15) is 0 Å². The molecule has 0 aromatic heterocycles. The van der Waals surface area contributed by atoms with E-state index in [0.29, 0.717) is 0 Å². The van der Waals surface area contributed by atoms with Crippen LogP contribution in [0.25, 0.3) is 0 Å². The summed E-state index contributed by atoms with van der Waals surface area (Å²) in [5.41, 5.74) is 0. The van der Waals surface area contributed by atoms with Gasteiger partial charge in [-0.1, -0.05) is 9.46 Å². The first-order valence-corrected chi connectivity index (χ1v) is 2.55. The molecule has 0 rings (SSSR count). The SMILES string of the molecule is O=P(O)(OF)OF.[AlH3].[CaH2]. The van der Waals surface area contributed by atoms with Gasteiger partial charge in [0.15, 0.2) is 17.4 Å². The van der Waals surface area contributed by atoms with Gasteiger partial charge in [-0.25, -0.2) is 4.57 Å². The summed E-state index contributed by atoms with van der Waals surface area (Å²) in [5.74, 6) is 0. The van der Waals surface area contributed by atoms with Crippen molar-refractivity contribution < 1.29 is 28.0 Å². The maximum absolute atomic E-state index is 10.4. The molecule has 0 saturated heterocycles. The van der Waals surface area contributed by atoms with E-state index in [1.165, 1.54) is 0 Å². The van der Waals surface area contributed by atoms with Gasteiger partial charge in [-0.05, 0) is 9.05 Å². The normalized spacial score (nSPS) is 9.22. The van der Waals surface area contributed by atoms with Gasteiger partial charge >= 0.3 is 45.6 Å². The molecule has 0 amide bonds. The summed E-state index contributed by atoms with van der Waals surface area (Å²) >= 11 is 0. The zero-order valence-corrected chi connectivity index (χ0v) is 3.77. The molecule has 0 heterocycles. The van der Waals surface area contributed by atoms with Crippen molar-refractivity contribution in [3.8, 4) is 0 Å². The standard InChI is InChI=1S/Al.Ca.F2HO4P.5H/c;;1-5-7(3,4)6-2;;;;;/h;;(H,3,4);;;;;. The quantitative estimate of drug-likeness (QED) is 0.455. The van der Waals surface area contributed by atoms with E-state index in [2.05, 4.69) is 9.46 Å². The van der Waals surface area contributed by atoms with Gasteiger partial charge in [0.2, 0.25) is 0 Å². The first-order valence-electron chi connectivity index (χ1n) is 1.06. The molecule has 0 aromatic rings. The summed E-state index contributed by atoms with van der Waals surface area (Å²) in [6.45, 7) is 0. The minimum atomic E-state index is -4.99. The fraction of sp³-hybridized carbons (Fsp3) is 0. The number of hydrogen-bond donors (Lipinski definition) is 1. The number of halogens is 2. The van der Waals surface area contributed by atoms with E-state index in [9.17, 15) is 13.6 Å². The van der Waals surface area contributed by atoms with Crippen LogP contribution in [0.4, 0.5) is 9.05 Å². The van der Waals surface area contributed by atoms with Gasteiger partial charge in [0.05, 0.1) is 0 Å². The van der Waals surface area contributed by atoms with Crippen molar-refractivity contribution in [3.05, 3.63) is 0 Å². The molecule has 0 unspecified atom stereocenters. The third-order valence-corrected chi connectivity index (χ3v) is 0.523. The summed E-state index contributed by atoms with van der Waals surface area (Å²) < 4.78 is 34.3. The molecular formula is H6AlCaF2O4P. The van der Waals surface area contributed by atoms with Crippen molar-refractivity contribution >= 4 is 62.9 Å². The topological polar surface area (TPSA) is 55.8 Å². The van der Waals surface area contributed by atoms with Crippen LogP contribution < -0.4 is 0 Å².